The molecule has 3 aromatic rings. The number of benzene rings is 2. The standard InChI is InChI=1S/C21H11F3N4O6/c22-21(23,24)17-10-15(28(32)33)4-6-18(17)26-20(29)13(11-25)9-16-5-7-19(34-16)12-2-1-3-14(8-12)27(30)31/h1-10H,(H,26,29). The van der Waals surface area contributed by atoms with Crippen molar-refractivity contribution >= 4 is 29.0 Å². The molecule has 0 unspecified atom stereocenters. The molecule has 3 rings (SSSR count). The summed E-state index contributed by atoms with van der Waals surface area (Å²) in [5.74, 6) is -1.05. The van der Waals surface area contributed by atoms with Gasteiger partial charge in [-0.1, -0.05) is 12.1 Å². The van der Waals surface area contributed by atoms with Crippen LogP contribution in [-0.4, -0.2) is 15.8 Å². The number of nitrogens with one attached hydrogen (secondary N) is 1. The summed E-state index contributed by atoms with van der Waals surface area (Å²) in [6, 6.07) is 11.6. The van der Waals surface area contributed by atoms with E-state index >= 15 is 0 Å². The lowest BCUT2D eigenvalue weighted by Crippen LogP contribution is -2.18. The fraction of sp³-hybridized carbons (Fsp3) is 0.0476. The number of nitrogens with zero attached hydrogens (tertiary/aromatic N) is 3. The van der Waals surface area contributed by atoms with Crippen LogP contribution in [0.1, 0.15) is 11.3 Å². The van der Waals surface area contributed by atoms with Gasteiger partial charge in [0.25, 0.3) is 17.3 Å². The maximum absolute atomic E-state index is 13.3. The van der Waals surface area contributed by atoms with Crippen molar-refractivity contribution in [2.45, 2.75) is 6.18 Å². The van der Waals surface area contributed by atoms with Crippen LogP contribution in [0.25, 0.3) is 17.4 Å². The molecule has 0 spiro atoms. The Bertz CT molecular complexity index is 1370. The predicted octanol–water partition coefficient (Wildman–Crippen LogP) is 5.33. The Balaban J connectivity index is 1.88. The number of non-ortho nitro benzene ring substituents is 2. The van der Waals surface area contributed by atoms with Gasteiger partial charge in [-0.2, -0.15) is 18.4 Å². The van der Waals surface area contributed by atoms with Crippen molar-refractivity contribution in [1.29, 1.82) is 5.26 Å². The second-order valence-corrected chi connectivity index (χ2v) is 6.62. The zero-order valence-corrected chi connectivity index (χ0v) is 16.7. The normalized spacial score (nSPS) is 11.5. The lowest BCUT2D eigenvalue weighted by molar-refractivity contribution is -0.385. The molecule has 10 nitrogen and oxygen atoms in total. The van der Waals surface area contributed by atoms with E-state index in [4.69, 9.17) is 4.42 Å². The van der Waals surface area contributed by atoms with Crippen LogP contribution in [0.4, 0.5) is 30.2 Å². The number of hydrogen-bond donors (Lipinski definition) is 1. The van der Waals surface area contributed by atoms with Gasteiger partial charge in [-0.3, -0.25) is 25.0 Å². The Morgan fingerprint density at radius 1 is 1.03 bits per heavy atom. The highest BCUT2D eigenvalue weighted by Crippen LogP contribution is 2.37. The third-order valence-electron chi connectivity index (χ3n) is 4.39. The van der Waals surface area contributed by atoms with Gasteiger partial charge >= 0.3 is 6.18 Å². The zero-order chi connectivity index (χ0) is 25.0. The Morgan fingerprint density at radius 2 is 1.71 bits per heavy atom. The van der Waals surface area contributed by atoms with E-state index in [2.05, 4.69) is 0 Å². The first-order valence-electron chi connectivity index (χ1n) is 9.13. The van der Waals surface area contributed by atoms with Gasteiger partial charge in [-0.05, 0) is 18.2 Å². The van der Waals surface area contributed by atoms with Crippen LogP contribution < -0.4 is 5.32 Å². The number of carbonyl (C=O) groups is 1. The van der Waals surface area contributed by atoms with E-state index in [1.165, 1.54) is 36.4 Å². The number of rotatable bonds is 6. The number of nitriles is 1. The molecule has 1 N–H and O–H groups in total. The van der Waals surface area contributed by atoms with E-state index in [-0.39, 0.29) is 23.3 Å². The minimum atomic E-state index is -5.01. The van der Waals surface area contributed by atoms with Crippen molar-refractivity contribution in [3.8, 4) is 17.4 Å². The molecule has 2 aromatic carbocycles. The van der Waals surface area contributed by atoms with E-state index < -0.39 is 44.4 Å². The average Bonchev–Trinajstić information content (AvgIpc) is 3.25. The largest absolute Gasteiger partial charge is 0.457 e. The first-order valence-corrected chi connectivity index (χ1v) is 9.13. The highest BCUT2D eigenvalue weighted by molar-refractivity contribution is 6.09. The number of nitro groups is 2. The molecule has 0 aliphatic rings. The van der Waals surface area contributed by atoms with Gasteiger partial charge in [-0.15, -0.1) is 0 Å². The lowest BCUT2D eigenvalue weighted by Gasteiger charge is -2.13. The number of alkyl halides is 3. The van der Waals surface area contributed by atoms with Gasteiger partial charge in [0.05, 0.1) is 21.1 Å². The molecule has 34 heavy (non-hydrogen) atoms. The second kappa shape index (κ2) is 9.25. The monoisotopic (exact) mass is 472 g/mol. The number of halogens is 3. The summed E-state index contributed by atoms with van der Waals surface area (Å²) in [6.07, 6.45) is -4.05. The SMILES string of the molecule is N#CC(=Cc1ccc(-c2cccc([N+](=O)[O-])c2)o1)C(=O)Nc1ccc([N+](=O)[O-])cc1C(F)(F)F. The van der Waals surface area contributed by atoms with Crippen LogP contribution in [-0.2, 0) is 11.0 Å². The second-order valence-electron chi connectivity index (χ2n) is 6.62. The topological polar surface area (TPSA) is 152 Å². The van der Waals surface area contributed by atoms with Crippen molar-refractivity contribution in [3.05, 3.63) is 91.7 Å². The molecule has 0 aliphatic heterocycles. The molecule has 0 bridgehead atoms. The third kappa shape index (κ3) is 5.25. The molecule has 1 aromatic heterocycles. The quantitative estimate of drug-likeness (QED) is 0.220. The summed E-state index contributed by atoms with van der Waals surface area (Å²) in [5, 5.41) is 32.9. The van der Waals surface area contributed by atoms with E-state index in [0.717, 1.165) is 12.1 Å². The molecular formula is C21H11F3N4O6. The van der Waals surface area contributed by atoms with Crippen LogP contribution in [0.15, 0.2) is 64.6 Å². The lowest BCUT2D eigenvalue weighted by atomic mass is 10.1. The van der Waals surface area contributed by atoms with Crippen molar-refractivity contribution in [1.82, 2.24) is 0 Å². The maximum atomic E-state index is 13.3. The number of amides is 1. The molecule has 0 radical (unpaired) electrons. The molecule has 1 heterocycles. The van der Waals surface area contributed by atoms with Crippen LogP contribution in [0, 0.1) is 31.6 Å². The fourth-order valence-corrected chi connectivity index (χ4v) is 2.83. The average molecular weight is 472 g/mol. The molecule has 0 saturated carbocycles. The molecule has 0 saturated heterocycles. The van der Waals surface area contributed by atoms with Crippen molar-refractivity contribution < 1.29 is 32.2 Å². The Labute approximate surface area is 187 Å². The number of carbonyl (C=O) groups excluding carboxylic acids is 1. The van der Waals surface area contributed by atoms with Crippen LogP contribution in [0.3, 0.4) is 0 Å². The van der Waals surface area contributed by atoms with Gasteiger partial charge in [0.1, 0.15) is 23.2 Å². The van der Waals surface area contributed by atoms with Gasteiger partial charge in [0.2, 0.25) is 0 Å². The predicted molar refractivity (Wildman–Crippen MR) is 111 cm³/mol. The third-order valence-corrected chi connectivity index (χ3v) is 4.39. The van der Waals surface area contributed by atoms with Crippen LogP contribution in [0.5, 0.6) is 0 Å². The summed E-state index contributed by atoms with van der Waals surface area (Å²) in [6.45, 7) is 0. The molecule has 0 aliphatic carbocycles. The highest BCUT2D eigenvalue weighted by Gasteiger charge is 2.36. The summed E-state index contributed by atoms with van der Waals surface area (Å²) < 4.78 is 45.4. The maximum Gasteiger partial charge on any atom is 0.418 e. The minimum absolute atomic E-state index is 0.0204. The van der Waals surface area contributed by atoms with Gasteiger partial charge < -0.3 is 9.73 Å². The van der Waals surface area contributed by atoms with E-state index in [0.29, 0.717) is 11.6 Å². The molecule has 13 heteroatoms. The summed E-state index contributed by atoms with van der Waals surface area (Å²) in [7, 11) is 0. The van der Waals surface area contributed by atoms with Crippen LogP contribution >= 0.6 is 0 Å². The molecule has 0 atom stereocenters. The van der Waals surface area contributed by atoms with Gasteiger partial charge in [0, 0.05) is 35.9 Å². The zero-order valence-electron chi connectivity index (χ0n) is 16.7. The number of hydrogen-bond acceptors (Lipinski definition) is 7. The van der Waals surface area contributed by atoms with Gasteiger partial charge in [-0.25, -0.2) is 0 Å². The van der Waals surface area contributed by atoms with E-state index in [1.54, 1.807) is 6.07 Å². The first kappa shape index (κ1) is 23.7. The molecular weight excluding hydrogens is 461 g/mol. The number of furan rings is 1. The van der Waals surface area contributed by atoms with E-state index in [9.17, 15) is 43.5 Å². The molecule has 1 amide bonds. The molecule has 0 fully saturated rings. The Kier molecular flexibility index (Phi) is 6.44. The van der Waals surface area contributed by atoms with Crippen molar-refractivity contribution in [2.24, 2.45) is 0 Å². The minimum Gasteiger partial charge on any atom is -0.457 e. The summed E-state index contributed by atoms with van der Waals surface area (Å²) in [4.78, 5) is 32.5. The van der Waals surface area contributed by atoms with Crippen molar-refractivity contribution in [2.75, 3.05) is 5.32 Å². The summed E-state index contributed by atoms with van der Waals surface area (Å²) in [5.41, 5.74) is -3.53. The first-order chi connectivity index (χ1) is 16.0. The van der Waals surface area contributed by atoms with Crippen molar-refractivity contribution in [3.63, 3.8) is 0 Å². The number of nitro benzene ring substituents is 2. The molecule has 172 valence electrons. The Morgan fingerprint density at radius 3 is 2.32 bits per heavy atom. The smallest absolute Gasteiger partial charge is 0.418 e. The van der Waals surface area contributed by atoms with Gasteiger partial charge in [0.15, 0.2) is 0 Å². The summed E-state index contributed by atoms with van der Waals surface area (Å²) >= 11 is 0. The number of anilines is 1. The van der Waals surface area contributed by atoms with E-state index in [1.807, 2.05) is 5.32 Å². The Hall–Kier alpha value is -4.99. The van der Waals surface area contributed by atoms with Crippen LogP contribution in [0.2, 0.25) is 0 Å². The highest BCUT2D eigenvalue weighted by atomic mass is 19.4. The fourth-order valence-electron chi connectivity index (χ4n) is 2.83.